The van der Waals surface area contributed by atoms with E-state index in [2.05, 4.69) is 9.80 Å². The highest BCUT2D eigenvalue weighted by Crippen LogP contribution is 2.42. The minimum absolute atomic E-state index is 0.0555. The molecule has 0 saturated carbocycles. The van der Waals surface area contributed by atoms with Crippen LogP contribution in [-0.4, -0.2) is 65.2 Å². The summed E-state index contributed by atoms with van der Waals surface area (Å²) in [6.45, 7) is 6.93. The molecule has 2 aliphatic rings. The van der Waals surface area contributed by atoms with Crippen molar-refractivity contribution in [1.82, 2.24) is 4.90 Å². The van der Waals surface area contributed by atoms with Crippen LogP contribution >= 0.6 is 0 Å². The van der Waals surface area contributed by atoms with E-state index in [9.17, 15) is 20.2 Å². The second kappa shape index (κ2) is 9.71. The Morgan fingerprint density at radius 2 is 1.64 bits per heavy atom. The molecule has 1 unspecified atom stereocenters. The summed E-state index contributed by atoms with van der Waals surface area (Å²) in [5.74, 6) is -0.495. The van der Waals surface area contributed by atoms with Crippen molar-refractivity contribution in [2.75, 3.05) is 42.7 Å². The number of rotatable bonds is 8. The number of aliphatic carboxylic acids is 1. The first-order chi connectivity index (χ1) is 15.8. The Labute approximate surface area is 195 Å². The van der Waals surface area contributed by atoms with Crippen LogP contribution in [0.2, 0.25) is 0 Å². The SMILES string of the molecule is CC(C)(C(=O)O)c1ccc(CCN2CCC(C3N(O)c4ccccc4N3CCO)CC2)cc1. The quantitative estimate of drug-likeness (QED) is 0.565. The van der Waals surface area contributed by atoms with Gasteiger partial charge in [-0.15, -0.1) is 0 Å². The molecule has 1 atom stereocenters. The normalized spacial score (nSPS) is 19.7. The number of nitrogens with zero attached hydrogens (tertiary/aromatic N) is 3. The molecular weight excluding hydrogens is 418 g/mol. The summed E-state index contributed by atoms with van der Waals surface area (Å²) in [5, 5.41) is 31.3. The molecule has 7 nitrogen and oxygen atoms in total. The maximum Gasteiger partial charge on any atom is 0.313 e. The number of anilines is 2. The zero-order valence-corrected chi connectivity index (χ0v) is 19.5. The topological polar surface area (TPSA) is 87.5 Å². The number of carboxylic acids is 1. The number of hydrogen-bond donors (Lipinski definition) is 3. The van der Waals surface area contributed by atoms with Crippen LogP contribution in [0.1, 0.15) is 37.8 Å². The highest BCUT2D eigenvalue weighted by molar-refractivity contribution is 5.80. The highest BCUT2D eigenvalue weighted by atomic mass is 16.5. The third-order valence-corrected chi connectivity index (χ3v) is 7.33. The largest absolute Gasteiger partial charge is 0.481 e. The lowest BCUT2D eigenvalue weighted by atomic mass is 9.84. The summed E-state index contributed by atoms with van der Waals surface area (Å²) < 4.78 is 0. The fourth-order valence-corrected chi connectivity index (χ4v) is 5.11. The van der Waals surface area contributed by atoms with Crippen LogP contribution in [-0.2, 0) is 16.6 Å². The lowest BCUT2D eigenvalue weighted by molar-refractivity contribution is -0.142. The van der Waals surface area contributed by atoms with Crippen molar-refractivity contribution in [3.8, 4) is 0 Å². The number of β-amino-alcohol motifs (C(OH)–C–C–N with tert-alkyl or cyclic N) is 1. The Hall–Kier alpha value is -2.61. The first-order valence-corrected chi connectivity index (χ1v) is 11.8. The summed E-state index contributed by atoms with van der Waals surface area (Å²) in [6.07, 6.45) is 2.77. The van der Waals surface area contributed by atoms with E-state index in [1.165, 1.54) is 10.6 Å². The zero-order chi connectivity index (χ0) is 23.6. The van der Waals surface area contributed by atoms with Gasteiger partial charge in [0.25, 0.3) is 0 Å². The van der Waals surface area contributed by atoms with Crippen LogP contribution in [0.25, 0.3) is 0 Å². The van der Waals surface area contributed by atoms with E-state index in [4.69, 9.17) is 0 Å². The first-order valence-electron chi connectivity index (χ1n) is 11.8. The third kappa shape index (κ3) is 4.71. The van der Waals surface area contributed by atoms with E-state index in [0.717, 1.165) is 55.8 Å². The molecule has 3 N–H and O–H groups in total. The summed E-state index contributed by atoms with van der Waals surface area (Å²) in [6, 6.07) is 15.8. The predicted octanol–water partition coefficient (Wildman–Crippen LogP) is 3.34. The smallest absolute Gasteiger partial charge is 0.313 e. The minimum atomic E-state index is -0.884. The summed E-state index contributed by atoms with van der Waals surface area (Å²) >= 11 is 0. The maximum absolute atomic E-state index is 11.5. The number of fused-ring (bicyclic) bond motifs is 1. The highest BCUT2D eigenvalue weighted by Gasteiger charge is 2.41. The predicted molar refractivity (Wildman–Crippen MR) is 129 cm³/mol. The van der Waals surface area contributed by atoms with Gasteiger partial charge in [0.2, 0.25) is 0 Å². The van der Waals surface area contributed by atoms with E-state index in [0.29, 0.717) is 12.5 Å². The van der Waals surface area contributed by atoms with Crippen LogP contribution in [0.3, 0.4) is 0 Å². The number of hydrogen-bond acceptors (Lipinski definition) is 6. The van der Waals surface area contributed by atoms with Gasteiger partial charge < -0.3 is 20.0 Å². The Bertz CT molecular complexity index is 954. The lowest BCUT2D eigenvalue weighted by Crippen LogP contribution is -2.51. The molecule has 2 aliphatic heterocycles. The minimum Gasteiger partial charge on any atom is -0.481 e. The second-order valence-corrected chi connectivity index (χ2v) is 9.72. The van der Waals surface area contributed by atoms with Crippen LogP contribution < -0.4 is 9.96 Å². The van der Waals surface area contributed by atoms with Gasteiger partial charge in [-0.05, 0) is 69.5 Å². The molecule has 7 heteroatoms. The lowest BCUT2D eigenvalue weighted by Gasteiger charge is -2.40. The molecule has 0 amide bonds. The van der Waals surface area contributed by atoms with Crippen molar-refractivity contribution >= 4 is 17.3 Å². The van der Waals surface area contributed by atoms with Crippen LogP contribution in [0.4, 0.5) is 11.4 Å². The van der Waals surface area contributed by atoms with E-state index in [1.54, 1.807) is 13.8 Å². The molecular formula is C26H35N3O4. The molecule has 178 valence electrons. The number of hydroxylamine groups is 1. The number of aliphatic hydroxyl groups excluding tert-OH is 1. The van der Waals surface area contributed by atoms with Crippen LogP contribution in [0.15, 0.2) is 48.5 Å². The number of benzene rings is 2. The Balaban J connectivity index is 1.32. The van der Waals surface area contributed by atoms with Gasteiger partial charge in [-0.1, -0.05) is 36.4 Å². The fraction of sp³-hybridized carbons (Fsp3) is 0.500. The number of piperidine rings is 1. The van der Waals surface area contributed by atoms with Gasteiger partial charge in [0.15, 0.2) is 0 Å². The van der Waals surface area contributed by atoms with Gasteiger partial charge in [-0.25, -0.2) is 5.06 Å². The van der Waals surface area contributed by atoms with Crippen molar-refractivity contribution in [2.24, 2.45) is 5.92 Å². The molecule has 2 aromatic rings. The third-order valence-electron chi connectivity index (χ3n) is 7.33. The molecule has 1 saturated heterocycles. The number of aliphatic hydroxyl groups is 1. The van der Waals surface area contributed by atoms with Crippen molar-refractivity contribution in [3.63, 3.8) is 0 Å². The van der Waals surface area contributed by atoms with Crippen molar-refractivity contribution in [3.05, 3.63) is 59.7 Å². The maximum atomic E-state index is 11.5. The van der Waals surface area contributed by atoms with Crippen molar-refractivity contribution < 1.29 is 20.2 Å². The molecule has 2 heterocycles. The Kier molecular flexibility index (Phi) is 6.93. The monoisotopic (exact) mass is 453 g/mol. The Morgan fingerprint density at radius 1 is 1.00 bits per heavy atom. The summed E-state index contributed by atoms with van der Waals surface area (Å²) in [5.41, 5.74) is 2.94. The summed E-state index contributed by atoms with van der Waals surface area (Å²) in [4.78, 5) is 16.1. The standard InChI is InChI=1S/C26H35N3O4/c1-26(2,25(31)32)21-9-7-19(8-10-21)11-14-27-15-12-20(13-16-27)24-28(17-18-30)22-5-3-4-6-23(22)29(24)33/h3-10,20,24,30,33H,11-18H2,1-2H3,(H,31,32). The average Bonchev–Trinajstić information content (AvgIpc) is 3.10. The van der Waals surface area contributed by atoms with Gasteiger partial charge in [0.05, 0.1) is 23.4 Å². The van der Waals surface area contributed by atoms with E-state index in [-0.39, 0.29) is 12.8 Å². The molecule has 1 fully saturated rings. The average molecular weight is 454 g/mol. The zero-order valence-electron chi connectivity index (χ0n) is 19.5. The molecule has 0 aliphatic carbocycles. The molecule has 0 aromatic heterocycles. The molecule has 4 rings (SSSR count). The van der Waals surface area contributed by atoms with Gasteiger partial charge in [0.1, 0.15) is 6.17 Å². The van der Waals surface area contributed by atoms with Crippen molar-refractivity contribution in [1.29, 1.82) is 0 Å². The van der Waals surface area contributed by atoms with Gasteiger partial charge >= 0.3 is 5.97 Å². The van der Waals surface area contributed by atoms with Crippen LogP contribution in [0.5, 0.6) is 0 Å². The molecule has 0 radical (unpaired) electrons. The van der Waals surface area contributed by atoms with Gasteiger partial charge in [-0.3, -0.25) is 10.0 Å². The second-order valence-electron chi connectivity index (χ2n) is 9.72. The number of para-hydroxylation sites is 2. The van der Waals surface area contributed by atoms with Crippen molar-refractivity contribution in [2.45, 2.75) is 44.7 Å². The van der Waals surface area contributed by atoms with E-state index >= 15 is 0 Å². The number of carboxylic acid groups (broad SMARTS) is 1. The summed E-state index contributed by atoms with van der Waals surface area (Å²) in [7, 11) is 0. The van der Waals surface area contributed by atoms with E-state index in [1.807, 2.05) is 48.5 Å². The van der Waals surface area contributed by atoms with E-state index < -0.39 is 11.4 Å². The Morgan fingerprint density at radius 3 is 2.24 bits per heavy atom. The molecule has 2 aromatic carbocycles. The van der Waals surface area contributed by atoms with Gasteiger partial charge in [0, 0.05) is 19.0 Å². The fourth-order valence-electron chi connectivity index (χ4n) is 5.11. The van der Waals surface area contributed by atoms with Crippen LogP contribution in [0, 0.1) is 5.92 Å². The first kappa shape index (κ1) is 23.5. The molecule has 33 heavy (non-hydrogen) atoms. The molecule has 0 spiro atoms. The number of likely N-dealkylation sites (tertiary alicyclic amines) is 1. The molecule has 0 bridgehead atoms. The van der Waals surface area contributed by atoms with Gasteiger partial charge in [-0.2, -0.15) is 0 Å². The number of carbonyl (C=O) groups is 1.